The van der Waals surface area contributed by atoms with Gasteiger partial charge in [-0.3, -0.25) is 4.79 Å². The van der Waals surface area contributed by atoms with Crippen molar-refractivity contribution in [1.82, 2.24) is 5.32 Å². The number of amides is 1. The Hall–Kier alpha value is -0.710. The molecule has 1 saturated heterocycles. The molecule has 1 aliphatic heterocycles. The van der Waals surface area contributed by atoms with Gasteiger partial charge in [0.1, 0.15) is 0 Å². The Bertz CT molecular complexity index is 485. The van der Waals surface area contributed by atoms with Crippen LogP contribution in [0.5, 0.6) is 0 Å². The highest BCUT2D eigenvalue weighted by molar-refractivity contribution is 7.99. The zero-order chi connectivity index (χ0) is 13.5. The van der Waals surface area contributed by atoms with E-state index < -0.39 is 5.60 Å². The van der Waals surface area contributed by atoms with Gasteiger partial charge in [-0.1, -0.05) is 23.7 Å². The first-order valence-corrected chi connectivity index (χ1v) is 7.98. The summed E-state index contributed by atoms with van der Waals surface area (Å²) in [6.07, 6.45) is 1.50. The lowest BCUT2D eigenvalue weighted by atomic mass is 10.0. The first-order valence-electron chi connectivity index (χ1n) is 6.45. The lowest BCUT2D eigenvalue weighted by Crippen LogP contribution is -2.47. The summed E-state index contributed by atoms with van der Waals surface area (Å²) in [5.74, 6) is 1.52. The SMILES string of the molecule is O=C(NC1CC1c1ccc(Cl)cc1)C1(O)CCSC1. The summed E-state index contributed by atoms with van der Waals surface area (Å²) in [4.78, 5) is 12.1. The van der Waals surface area contributed by atoms with Crippen LogP contribution in [0.1, 0.15) is 24.3 Å². The number of hydrogen-bond donors (Lipinski definition) is 2. The molecule has 3 rings (SSSR count). The quantitative estimate of drug-likeness (QED) is 0.899. The normalized spacial score (nSPS) is 33.2. The molecule has 102 valence electrons. The van der Waals surface area contributed by atoms with E-state index >= 15 is 0 Å². The van der Waals surface area contributed by atoms with Gasteiger partial charge in [0.05, 0.1) is 0 Å². The van der Waals surface area contributed by atoms with Gasteiger partial charge in [-0.25, -0.2) is 0 Å². The number of halogens is 1. The van der Waals surface area contributed by atoms with Gasteiger partial charge < -0.3 is 10.4 Å². The third-order valence-electron chi connectivity index (χ3n) is 3.83. The van der Waals surface area contributed by atoms with Crippen LogP contribution in [-0.2, 0) is 4.79 Å². The molecular weight excluding hydrogens is 282 g/mol. The molecule has 1 aromatic rings. The van der Waals surface area contributed by atoms with Crippen molar-refractivity contribution in [3.8, 4) is 0 Å². The first kappa shape index (κ1) is 13.3. The zero-order valence-corrected chi connectivity index (χ0v) is 12.0. The Kier molecular flexibility index (Phi) is 3.50. The van der Waals surface area contributed by atoms with E-state index in [9.17, 15) is 9.90 Å². The lowest BCUT2D eigenvalue weighted by molar-refractivity contribution is -0.137. The molecule has 2 aliphatic rings. The Morgan fingerprint density at radius 3 is 2.79 bits per heavy atom. The summed E-state index contributed by atoms with van der Waals surface area (Å²) >= 11 is 7.49. The van der Waals surface area contributed by atoms with Crippen molar-refractivity contribution in [3.05, 3.63) is 34.9 Å². The van der Waals surface area contributed by atoms with Gasteiger partial charge in [0, 0.05) is 22.7 Å². The van der Waals surface area contributed by atoms with Crippen molar-refractivity contribution in [1.29, 1.82) is 0 Å². The number of nitrogens with one attached hydrogen (secondary N) is 1. The molecule has 1 aromatic carbocycles. The van der Waals surface area contributed by atoms with E-state index in [0.29, 0.717) is 18.1 Å². The maximum absolute atomic E-state index is 12.1. The number of rotatable bonds is 3. The van der Waals surface area contributed by atoms with Crippen LogP contribution in [0.25, 0.3) is 0 Å². The minimum atomic E-state index is -1.15. The largest absolute Gasteiger partial charge is 0.379 e. The summed E-state index contributed by atoms with van der Waals surface area (Å²) in [6.45, 7) is 0. The summed E-state index contributed by atoms with van der Waals surface area (Å²) in [5, 5.41) is 13.9. The second-order valence-electron chi connectivity index (χ2n) is 5.31. The van der Waals surface area contributed by atoms with Gasteiger partial charge in [-0.05, 0) is 36.3 Å². The third-order valence-corrected chi connectivity index (χ3v) is 5.26. The number of carbonyl (C=O) groups excluding carboxylic acids is 1. The molecule has 1 amide bonds. The van der Waals surface area contributed by atoms with E-state index in [1.165, 1.54) is 5.56 Å². The van der Waals surface area contributed by atoms with Crippen LogP contribution in [0.2, 0.25) is 5.02 Å². The second kappa shape index (κ2) is 5.00. The fraction of sp³-hybridized carbons (Fsp3) is 0.500. The Morgan fingerprint density at radius 2 is 2.16 bits per heavy atom. The number of carbonyl (C=O) groups is 1. The zero-order valence-electron chi connectivity index (χ0n) is 10.4. The van der Waals surface area contributed by atoms with Gasteiger partial charge in [-0.15, -0.1) is 0 Å². The number of aliphatic hydroxyl groups is 1. The standard InChI is InChI=1S/C14H16ClNO2S/c15-10-3-1-9(2-4-10)11-7-12(11)16-13(17)14(18)5-6-19-8-14/h1-4,11-12,18H,5-8H2,(H,16,17). The molecule has 3 unspecified atom stereocenters. The molecule has 1 saturated carbocycles. The van der Waals surface area contributed by atoms with E-state index in [1.54, 1.807) is 11.8 Å². The van der Waals surface area contributed by atoms with Crippen molar-refractivity contribution < 1.29 is 9.90 Å². The summed E-state index contributed by atoms with van der Waals surface area (Å²) in [5.41, 5.74) is 0.0418. The average Bonchev–Trinajstić information content (AvgIpc) is 3.00. The molecule has 3 atom stereocenters. The molecule has 2 fully saturated rings. The van der Waals surface area contributed by atoms with Gasteiger partial charge in [0.25, 0.3) is 5.91 Å². The number of hydrogen-bond acceptors (Lipinski definition) is 3. The molecule has 0 radical (unpaired) electrons. The lowest BCUT2D eigenvalue weighted by Gasteiger charge is -2.20. The molecule has 3 nitrogen and oxygen atoms in total. The Labute approximate surface area is 121 Å². The summed E-state index contributed by atoms with van der Waals surface area (Å²) in [6, 6.07) is 7.89. The maximum Gasteiger partial charge on any atom is 0.253 e. The molecule has 0 bridgehead atoms. The smallest absolute Gasteiger partial charge is 0.253 e. The van der Waals surface area contributed by atoms with Gasteiger partial charge >= 0.3 is 0 Å². The maximum atomic E-state index is 12.1. The predicted octanol–water partition coefficient (Wildman–Crippen LogP) is 2.18. The fourth-order valence-electron chi connectivity index (χ4n) is 2.47. The van der Waals surface area contributed by atoms with Crippen molar-refractivity contribution in [2.24, 2.45) is 0 Å². The van der Waals surface area contributed by atoms with E-state index in [2.05, 4.69) is 5.32 Å². The molecular formula is C14H16ClNO2S. The topological polar surface area (TPSA) is 49.3 Å². The van der Waals surface area contributed by atoms with Crippen LogP contribution < -0.4 is 5.32 Å². The first-order chi connectivity index (χ1) is 9.08. The molecule has 1 aliphatic carbocycles. The number of thioether (sulfide) groups is 1. The van der Waals surface area contributed by atoms with Crippen LogP contribution in [0, 0.1) is 0 Å². The van der Waals surface area contributed by atoms with Gasteiger partial charge in [0.2, 0.25) is 0 Å². The third kappa shape index (κ3) is 2.76. The fourth-order valence-corrected chi connectivity index (χ4v) is 3.83. The van der Waals surface area contributed by atoms with Crippen molar-refractivity contribution in [2.45, 2.75) is 30.4 Å². The minimum Gasteiger partial charge on any atom is -0.379 e. The monoisotopic (exact) mass is 297 g/mol. The van der Waals surface area contributed by atoms with Crippen LogP contribution >= 0.6 is 23.4 Å². The Morgan fingerprint density at radius 1 is 1.42 bits per heavy atom. The minimum absolute atomic E-state index is 0.156. The van der Waals surface area contributed by atoms with E-state index in [1.807, 2.05) is 24.3 Å². The van der Waals surface area contributed by atoms with E-state index in [4.69, 9.17) is 11.6 Å². The van der Waals surface area contributed by atoms with Gasteiger partial charge in [0.15, 0.2) is 5.60 Å². The average molecular weight is 298 g/mol. The van der Waals surface area contributed by atoms with Crippen LogP contribution in [0.15, 0.2) is 24.3 Å². The highest BCUT2D eigenvalue weighted by Gasteiger charge is 2.45. The molecule has 0 spiro atoms. The highest BCUT2D eigenvalue weighted by Crippen LogP contribution is 2.41. The molecule has 2 N–H and O–H groups in total. The van der Waals surface area contributed by atoms with Crippen LogP contribution in [0.4, 0.5) is 0 Å². The highest BCUT2D eigenvalue weighted by atomic mass is 35.5. The summed E-state index contributed by atoms with van der Waals surface area (Å²) < 4.78 is 0. The van der Waals surface area contributed by atoms with E-state index in [0.717, 1.165) is 17.2 Å². The van der Waals surface area contributed by atoms with Crippen molar-refractivity contribution in [2.75, 3.05) is 11.5 Å². The Balaban J connectivity index is 1.58. The van der Waals surface area contributed by atoms with Crippen LogP contribution in [-0.4, -0.2) is 34.2 Å². The van der Waals surface area contributed by atoms with Crippen molar-refractivity contribution >= 4 is 29.3 Å². The number of benzene rings is 1. The van der Waals surface area contributed by atoms with Gasteiger partial charge in [-0.2, -0.15) is 11.8 Å². The molecule has 0 aromatic heterocycles. The van der Waals surface area contributed by atoms with Crippen molar-refractivity contribution in [3.63, 3.8) is 0 Å². The predicted molar refractivity (Wildman–Crippen MR) is 77.6 cm³/mol. The molecule has 1 heterocycles. The molecule has 19 heavy (non-hydrogen) atoms. The molecule has 5 heteroatoms. The van der Waals surface area contributed by atoms with Crippen LogP contribution in [0.3, 0.4) is 0 Å². The van der Waals surface area contributed by atoms with E-state index in [-0.39, 0.29) is 11.9 Å². The second-order valence-corrected chi connectivity index (χ2v) is 6.85. The summed E-state index contributed by atoms with van der Waals surface area (Å²) in [7, 11) is 0.